The molecule has 0 unspecified atom stereocenters. The molecule has 0 aliphatic heterocycles. The van der Waals surface area contributed by atoms with Gasteiger partial charge in [-0.3, -0.25) is 9.59 Å². The summed E-state index contributed by atoms with van der Waals surface area (Å²) in [7, 11) is 0. The van der Waals surface area contributed by atoms with Crippen molar-refractivity contribution in [2.45, 2.75) is 0 Å². The van der Waals surface area contributed by atoms with Crippen LogP contribution < -0.4 is 51.1 Å². The van der Waals surface area contributed by atoms with Crippen LogP contribution >= 0.6 is 0 Å². The Morgan fingerprint density at radius 3 is 2.38 bits per heavy atom. The summed E-state index contributed by atoms with van der Waals surface area (Å²) in [4.78, 5) is 21.6. The zero-order valence-corrected chi connectivity index (χ0v) is 8.72. The Balaban J connectivity index is 0.00000144. The standard InChI is InChI=1S/C6H4N2O4.Na/c9-4-2-1-3(7-11)6(10)5(4)8-12;/h1-2,11-12H;/q;+1/p-1/b7-3-,8-5+;. The Bertz CT molecular complexity index is 501. The largest absolute Gasteiger partial charge is 1.00 e. The maximum atomic E-state index is 10.9. The van der Waals surface area contributed by atoms with E-state index in [4.69, 9.17) is 5.21 Å². The molecule has 0 aliphatic rings. The smallest absolute Gasteiger partial charge is 0.791 e. The summed E-state index contributed by atoms with van der Waals surface area (Å²) in [6.45, 7) is 0. The minimum Gasteiger partial charge on any atom is -0.791 e. The van der Waals surface area contributed by atoms with E-state index in [9.17, 15) is 14.8 Å². The normalized spacial score (nSPS) is 12.6. The molecule has 0 saturated carbocycles. The van der Waals surface area contributed by atoms with E-state index in [0.29, 0.717) is 0 Å². The van der Waals surface area contributed by atoms with Crippen molar-refractivity contribution in [3.8, 4) is 0 Å². The molecule has 7 heteroatoms. The first-order valence-electron chi connectivity index (χ1n) is 2.90. The zero-order valence-electron chi connectivity index (χ0n) is 6.72. The van der Waals surface area contributed by atoms with Gasteiger partial charge < -0.3 is 15.6 Å². The van der Waals surface area contributed by atoms with Crippen LogP contribution in [0.2, 0.25) is 0 Å². The molecule has 0 bridgehead atoms. The second kappa shape index (κ2) is 4.90. The van der Waals surface area contributed by atoms with Gasteiger partial charge in [-0.1, -0.05) is 5.16 Å². The summed E-state index contributed by atoms with van der Waals surface area (Å²) in [5.41, 5.74) is -1.70. The number of hydrogen-bond donors (Lipinski definition) is 1. The van der Waals surface area contributed by atoms with Crippen LogP contribution in [0.4, 0.5) is 0 Å². The Kier molecular flexibility index (Phi) is 4.53. The quantitative estimate of drug-likeness (QED) is 0.251. The first-order chi connectivity index (χ1) is 5.70. The number of nitrogens with zero attached hydrogens (tertiary/aromatic N) is 2. The third kappa shape index (κ3) is 2.24. The minimum atomic E-state index is -0.958. The maximum absolute atomic E-state index is 10.9. The van der Waals surface area contributed by atoms with E-state index in [0.717, 1.165) is 12.1 Å². The van der Waals surface area contributed by atoms with Gasteiger partial charge in [0.1, 0.15) is 5.36 Å². The molecule has 1 aromatic carbocycles. The molecule has 13 heavy (non-hydrogen) atoms. The van der Waals surface area contributed by atoms with Crippen molar-refractivity contribution in [3.63, 3.8) is 0 Å². The summed E-state index contributed by atoms with van der Waals surface area (Å²) in [6, 6.07) is 1.92. The van der Waals surface area contributed by atoms with Crippen LogP contribution in [0, 0.1) is 5.21 Å². The van der Waals surface area contributed by atoms with Gasteiger partial charge in [0.15, 0.2) is 5.36 Å². The minimum absolute atomic E-state index is 0. The Hall–Kier alpha value is -0.980. The van der Waals surface area contributed by atoms with Gasteiger partial charge in [0, 0.05) is 0 Å². The molecule has 0 aliphatic carbocycles. The molecule has 0 heterocycles. The first-order valence-corrected chi connectivity index (χ1v) is 2.90. The van der Waals surface area contributed by atoms with Crippen LogP contribution in [-0.4, -0.2) is 5.21 Å². The predicted molar refractivity (Wildman–Crippen MR) is 37.6 cm³/mol. The third-order valence-electron chi connectivity index (χ3n) is 1.27. The van der Waals surface area contributed by atoms with Crippen molar-refractivity contribution < 1.29 is 34.8 Å². The monoisotopic (exact) mass is 190 g/mol. The fourth-order valence-corrected chi connectivity index (χ4v) is 0.709. The zero-order chi connectivity index (χ0) is 9.14. The summed E-state index contributed by atoms with van der Waals surface area (Å²) in [5.74, 6) is 0. The van der Waals surface area contributed by atoms with E-state index in [1.54, 1.807) is 0 Å². The Labute approximate surface area is 93.5 Å². The summed E-state index contributed by atoms with van der Waals surface area (Å²) >= 11 is 0. The summed E-state index contributed by atoms with van der Waals surface area (Å²) in [6.07, 6.45) is 0. The topological polar surface area (TPSA) is 102 Å². The number of benzene rings is 1. The third-order valence-corrected chi connectivity index (χ3v) is 1.27. The van der Waals surface area contributed by atoms with Crippen molar-refractivity contribution in [2.75, 3.05) is 0 Å². The molecule has 6 nitrogen and oxygen atoms in total. The van der Waals surface area contributed by atoms with Crippen molar-refractivity contribution in [2.24, 2.45) is 10.3 Å². The van der Waals surface area contributed by atoms with Crippen LogP contribution in [0.15, 0.2) is 32.0 Å². The Morgan fingerprint density at radius 2 is 1.92 bits per heavy atom. The average molecular weight is 190 g/mol. The molecule has 1 aromatic rings. The number of rotatable bonds is 0. The van der Waals surface area contributed by atoms with Gasteiger partial charge in [-0.2, -0.15) is 0 Å². The van der Waals surface area contributed by atoms with E-state index in [-0.39, 0.29) is 29.6 Å². The molecule has 0 amide bonds. The van der Waals surface area contributed by atoms with Gasteiger partial charge in [-0.05, 0) is 12.1 Å². The molecule has 0 saturated heterocycles. The molecular weight excluding hydrogens is 187 g/mol. The van der Waals surface area contributed by atoms with E-state index in [2.05, 4.69) is 10.3 Å². The molecule has 0 spiro atoms. The van der Waals surface area contributed by atoms with Gasteiger partial charge in [-0.15, -0.1) is 0 Å². The van der Waals surface area contributed by atoms with E-state index < -0.39 is 21.6 Å². The van der Waals surface area contributed by atoms with Gasteiger partial charge >= 0.3 is 29.6 Å². The summed E-state index contributed by atoms with van der Waals surface area (Å²) in [5, 5.41) is 21.8. The van der Waals surface area contributed by atoms with Crippen molar-refractivity contribution in [1.82, 2.24) is 0 Å². The number of hydrogen-bond acceptors (Lipinski definition) is 6. The van der Waals surface area contributed by atoms with E-state index in [1.807, 2.05) is 0 Å². The van der Waals surface area contributed by atoms with E-state index >= 15 is 0 Å². The van der Waals surface area contributed by atoms with Crippen LogP contribution in [0.25, 0.3) is 0 Å². The molecule has 0 atom stereocenters. The van der Waals surface area contributed by atoms with Crippen LogP contribution in [0.5, 0.6) is 0 Å². The molecule has 0 radical (unpaired) electrons. The van der Waals surface area contributed by atoms with Gasteiger partial charge in [-0.25, -0.2) is 0 Å². The predicted octanol–water partition coefficient (Wildman–Crippen LogP) is -5.02. The molecule has 1 rings (SSSR count). The fourth-order valence-electron chi connectivity index (χ4n) is 0.709. The molecular formula is C6H3N2NaO4. The van der Waals surface area contributed by atoms with Crippen LogP contribution in [0.1, 0.15) is 0 Å². The van der Waals surface area contributed by atoms with Gasteiger partial charge in [0.2, 0.25) is 10.9 Å². The molecule has 1 N–H and O–H groups in total. The van der Waals surface area contributed by atoms with Crippen molar-refractivity contribution in [1.29, 1.82) is 0 Å². The second-order valence-corrected chi connectivity index (χ2v) is 1.95. The fraction of sp³-hybridized carbons (Fsp3) is 0. The van der Waals surface area contributed by atoms with Crippen molar-refractivity contribution in [3.05, 3.63) is 48.5 Å². The van der Waals surface area contributed by atoms with Gasteiger partial charge in [0.05, 0.1) is 0 Å². The van der Waals surface area contributed by atoms with Crippen molar-refractivity contribution >= 4 is 0 Å². The second-order valence-electron chi connectivity index (χ2n) is 1.95. The summed E-state index contributed by atoms with van der Waals surface area (Å²) < 4.78 is 0. The molecule has 0 aromatic heterocycles. The van der Waals surface area contributed by atoms with E-state index in [1.165, 1.54) is 0 Å². The molecule has 62 valence electrons. The SMILES string of the molecule is O=c1cc/c(=N/[O-])c(=O)/c1=N/O.[Na+]. The van der Waals surface area contributed by atoms with Gasteiger partial charge in [0.25, 0.3) is 0 Å². The maximum Gasteiger partial charge on any atom is 1.00 e. The Morgan fingerprint density at radius 1 is 1.31 bits per heavy atom. The molecule has 0 fully saturated rings. The van der Waals surface area contributed by atoms with Crippen LogP contribution in [-0.2, 0) is 0 Å². The average Bonchev–Trinajstić information content (AvgIpc) is 2.06. The van der Waals surface area contributed by atoms with Crippen LogP contribution in [0.3, 0.4) is 0 Å². The first kappa shape index (κ1) is 12.0.